The number of nitrogens with zero attached hydrogens (tertiary/aromatic N) is 2. The average molecular weight is 369 g/mol. The molecule has 2 nitrogen and oxygen atoms in total. The Labute approximate surface area is 158 Å². The molecule has 1 atom stereocenters. The molecule has 2 aromatic carbocycles. The summed E-state index contributed by atoms with van der Waals surface area (Å²) in [5, 5.41) is 1.98. The minimum Gasteiger partial charge on any atom is -0.320 e. The van der Waals surface area contributed by atoms with Gasteiger partial charge in [-0.3, -0.25) is 4.90 Å². The number of halogens is 2. The third-order valence-corrected chi connectivity index (χ3v) is 5.69. The molecule has 0 radical (unpaired) electrons. The topological polar surface area (TPSA) is 8.17 Å². The Morgan fingerprint density at radius 2 is 1.92 bits per heavy atom. The zero-order chi connectivity index (χ0) is 18.4. The molecule has 0 saturated carbocycles. The number of rotatable bonds is 2. The molecular weight excluding hydrogens is 347 g/mol. The van der Waals surface area contributed by atoms with Crippen molar-refractivity contribution in [2.24, 2.45) is 0 Å². The maximum absolute atomic E-state index is 13.2. The van der Waals surface area contributed by atoms with Crippen LogP contribution in [0.25, 0.3) is 22.7 Å². The highest BCUT2D eigenvalue weighted by Gasteiger charge is 2.26. The fourth-order valence-electron chi connectivity index (χ4n) is 3.77. The van der Waals surface area contributed by atoms with Crippen molar-refractivity contribution in [1.82, 2.24) is 9.47 Å². The van der Waals surface area contributed by atoms with Gasteiger partial charge in [-0.05, 0) is 67.9 Å². The Hall–Kier alpha value is -2.10. The van der Waals surface area contributed by atoms with Crippen molar-refractivity contribution in [3.05, 3.63) is 70.1 Å². The molecule has 1 aromatic heterocycles. The highest BCUT2D eigenvalue weighted by Crippen LogP contribution is 2.35. The quantitative estimate of drug-likeness (QED) is 0.552. The van der Waals surface area contributed by atoms with E-state index < -0.39 is 0 Å². The first kappa shape index (κ1) is 17.3. The molecule has 0 aliphatic carbocycles. The molecule has 1 aliphatic heterocycles. The molecule has 26 heavy (non-hydrogen) atoms. The van der Waals surface area contributed by atoms with E-state index in [-0.39, 0.29) is 5.82 Å². The van der Waals surface area contributed by atoms with E-state index in [2.05, 4.69) is 48.7 Å². The minimum atomic E-state index is -0.211. The lowest BCUT2D eigenvalue weighted by atomic mass is 10.00. The number of aromatic nitrogens is 1. The van der Waals surface area contributed by atoms with E-state index in [1.807, 2.05) is 18.2 Å². The van der Waals surface area contributed by atoms with Gasteiger partial charge in [0.25, 0.3) is 0 Å². The summed E-state index contributed by atoms with van der Waals surface area (Å²) >= 11 is 6.28. The number of likely N-dealkylation sites (N-methyl/N-ethyl adjacent to an activating group) is 1. The molecule has 2 heterocycles. The second kappa shape index (κ2) is 6.57. The Morgan fingerprint density at radius 3 is 2.65 bits per heavy atom. The van der Waals surface area contributed by atoms with Crippen molar-refractivity contribution in [2.45, 2.75) is 32.9 Å². The van der Waals surface area contributed by atoms with E-state index in [1.54, 1.807) is 0 Å². The minimum absolute atomic E-state index is 0.211. The van der Waals surface area contributed by atoms with Crippen LogP contribution in [-0.4, -0.2) is 22.6 Å². The molecule has 1 unspecified atom stereocenters. The Kier molecular flexibility index (Phi) is 4.37. The molecule has 0 N–H and O–H groups in total. The van der Waals surface area contributed by atoms with Crippen LogP contribution in [0.2, 0.25) is 5.02 Å². The van der Waals surface area contributed by atoms with Crippen LogP contribution in [0.15, 0.2) is 42.5 Å². The van der Waals surface area contributed by atoms with Gasteiger partial charge in [-0.25, -0.2) is 4.39 Å². The average Bonchev–Trinajstić information content (AvgIpc) is 2.88. The number of hydrogen-bond acceptors (Lipinski definition) is 1. The number of hydrogen-bond donors (Lipinski definition) is 0. The van der Waals surface area contributed by atoms with Gasteiger partial charge in [0, 0.05) is 41.3 Å². The van der Waals surface area contributed by atoms with E-state index in [9.17, 15) is 4.39 Å². The van der Waals surface area contributed by atoms with Gasteiger partial charge in [-0.2, -0.15) is 0 Å². The van der Waals surface area contributed by atoms with Crippen molar-refractivity contribution < 1.29 is 4.39 Å². The zero-order valence-corrected chi connectivity index (χ0v) is 16.0. The van der Waals surface area contributed by atoms with Gasteiger partial charge in [-0.15, -0.1) is 0 Å². The van der Waals surface area contributed by atoms with Crippen molar-refractivity contribution in [3.8, 4) is 0 Å². The Bertz CT molecular complexity index is 1000. The smallest absolute Gasteiger partial charge is 0.123 e. The summed E-state index contributed by atoms with van der Waals surface area (Å²) in [6.07, 6.45) is 3.16. The number of benzene rings is 2. The van der Waals surface area contributed by atoms with E-state index in [0.29, 0.717) is 6.04 Å². The summed E-state index contributed by atoms with van der Waals surface area (Å²) in [6.45, 7) is 5.25. The maximum atomic E-state index is 13.2. The van der Waals surface area contributed by atoms with Crippen LogP contribution in [0.4, 0.5) is 4.39 Å². The van der Waals surface area contributed by atoms with Crippen LogP contribution in [0, 0.1) is 5.82 Å². The van der Waals surface area contributed by atoms with Crippen LogP contribution in [-0.2, 0) is 13.0 Å². The first-order valence-corrected chi connectivity index (χ1v) is 9.27. The van der Waals surface area contributed by atoms with Gasteiger partial charge < -0.3 is 4.57 Å². The highest BCUT2D eigenvalue weighted by atomic mass is 35.5. The summed E-state index contributed by atoms with van der Waals surface area (Å²) in [7, 11) is 2.17. The van der Waals surface area contributed by atoms with Crippen LogP contribution in [0.3, 0.4) is 0 Å². The number of fused-ring (bicyclic) bond motifs is 3. The molecule has 134 valence electrons. The zero-order valence-electron chi connectivity index (χ0n) is 15.3. The highest BCUT2D eigenvalue weighted by molar-refractivity contribution is 6.31. The lowest BCUT2D eigenvalue weighted by molar-refractivity contribution is 0.230. The first-order valence-electron chi connectivity index (χ1n) is 8.90. The van der Waals surface area contributed by atoms with Gasteiger partial charge >= 0.3 is 0 Å². The Balaban J connectivity index is 1.90. The molecule has 0 bridgehead atoms. The molecule has 4 heteroatoms. The summed E-state index contributed by atoms with van der Waals surface area (Å²) in [4.78, 5) is 2.38. The fourth-order valence-corrected chi connectivity index (χ4v) is 3.95. The standard InChI is InChI=1S/C22H22ClFN2/c1-14(16-4-7-18(24)8-5-16)12-26-21-9-6-17(23)11-19(21)20-13-25(3)15(2)10-22(20)26/h4-9,11-12,15H,10,13H2,1-3H3/b14-12-. The molecular formula is C22H22ClFN2. The largest absolute Gasteiger partial charge is 0.320 e. The maximum Gasteiger partial charge on any atom is 0.123 e. The summed E-state index contributed by atoms with van der Waals surface area (Å²) in [6, 6.07) is 13.3. The third kappa shape index (κ3) is 2.95. The van der Waals surface area contributed by atoms with E-state index >= 15 is 0 Å². The second-order valence-electron chi connectivity index (χ2n) is 7.24. The van der Waals surface area contributed by atoms with Crippen molar-refractivity contribution >= 4 is 34.3 Å². The molecule has 0 saturated heterocycles. The van der Waals surface area contributed by atoms with Gasteiger partial charge in [0.15, 0.2) is 0 Å². The van der Waals surface area contributed by atoms with Gasteiger partial charge in [0.2, 0.25) is 0 Å². The number of allylic oxidation sites excluding steroid dienone is 1. The second-order valence-corrected chi connectivity index (χ2v) is 7.68. The third-order valence-electron chi connectivity index (χ3n) is 5.45. The summed E-state index contributed by atoms with van der Waals surface area (Å²) in [5.41, 5.74) is 5.99. The molecule has 4 rings (SSSR count). The molecule has 0 fully saturated rings. The normalized spacial score (nSPS) is 18.3. The van der Waals surface area contributed by atoms with E-state index in [1.165, 1.54) is 34.3 Å². The van der Waals surface area contributed by atoms with Crippen molar-refractivity contribution in [2.75, 3.05) is 7.05 Å². The monoisotopic (exact) mass is 368 g/mol. The lowest BCUT2D eigenvalue weighted by Crippen LogP contribution is -2.35. The van der Waals surface area contributed by atoms with Crippen molar-refractivity contribution in [3.63, 3.8) is 0 Å². The summed E-state index contributed by atoms with van der Waals surface area (Å²) < 4.78 is 15.5. The Morgan fingerprint density at radius 1 is 1.19 bits per heavy atom. The van der Waals surface area contributed by atoms with Crippen molar-refractivity contribution in [1.29, 1.82) is 0 Å². The fraction of sp³-hybridized carbons (Fsp3) is 0.273. The molecule has 0 amide bonds. The SMILES string of the molecule is C/C(=C/n1c2c(c3cc(Cl)ccc31)CN(C)C(C)C2)c1ccc(F)cc1. The van der Waals surface area contributed by atoms with Gasteiger partial charge in [0.1, 0.15) is 5.82 Å². The van der Waals surface area contributed by atoms with Crippen LogP contribution in [0.1, 0.15) is 30.7 Å². The lowest BCUT2D eigenvalue weighted by Gasteiger charge is -2.30. The molecule has 3 aromatic rings. The summed E-state index contributed by atoms with van der Waals surface area (Å²) in [5.74, 6) is -0.211. The van der Waals surface area contributed by atoms with Gasteiger partial charge in [0.05, 0.1) is 5.52 Å². The predicted octanol–water partition coefficient (Wildman–Crippen LogP) is 5.83. The van der Waals surface area contributed by atoms with E-state index in [0.717, 1.165) is 29.1 Å². The van der Waals surface area contributed by atoms with E-state index in [4.69, 9.17) is 11.6 Å². The first-order chi connectivity index (χ1) is 12.4. The molecule has 1 aliphatic rings. The molecule has 0 spiro atoms. The predicted molar refractivity (Wildman–Crippen MR) is 108 cm³/mol. The van der Waals surface area contributed by atoms with Crippen LogP contribution < -0.4 is 0 Å². The van der Waals surface area contributed by atoms with Gasteiger partial charge in [-0.1, -0.05) is 23.7 Å². The van der Waals surface area contributed by atoms with Crippen LogP contribution >= 0.6 is 11.6 Å². The van der Waals surface area contributed by atoms with Crippen LogP contribution in [0.5, 0.6) is 0 Å².